The number of esters is 1. The second kappa shape index (κ2) is 7.26. The van der Waals surface area contributed by atoms with Crippen LogP contribution in [-0.4, -0.2) is 59.8 Å². The SMILES string of the molecule is COC(=O)Cc1ccc(CN2CCN(C(=O)O)[C@H](C)C2)cc1. The van der Waals surface area contributed by atoms with Crippen molar-refractivity contribution in [3.63, 3.8) is 0 Å². The summed E-state index contributed by atoms with van der Waals surface area (Å²) in [5.41, 5.74) is 2.09. The number of hydrogen-bond acceptors (Lipinski definition) is 4. The highest BCUT2D eigenvalue weighted by Crippen LogP contribution is 2.14. The van der Waals surface area contributed by atoms with Gasteiger partial charge in [0.15, 0.2) is 0 Å². The van der Waals surface area contributed by atoms with Crippen molar-refractivity contribution >= 4 is 12.1 Å². The van der Waals surface area contributed by atoms with Gasteiger partial charge in [-0.1, -0.05) is 24.3 Å². The van der Waals surface area contributed by atoms with Gasteiger partial charge in [0.2, 0.25) is 0 Å². The van der Waals surface area contributed by atoms with E-state index >= 15 is 0 Å². The zero-order valence-electron chi connectivity index (χ0n) is 13.0. The topological polar surface area (TPSA) is 70.1 Å². The van der Waals surface area contributed by atoms with Gasteiger partial charge in [-0.25, -0.2) is 4.79 Å². The van der Waals surface area contributed by atoms with Gasteiger partial charge in [0.05, 0.1) is 13.5 Å². The lowest BCUT2D eigenvalue weighted by molar-refractivity contribution is -0.139. The smallest absolute Gasteiger partial charge is 0.407 e. The van der Waals surface area contributed by atoms with Crippen molar-refractivity contribution in [3.8, 4) is 0 Å². The normalized spacial score (nSPS) is 19.0. The van der Waals surface area contributed by atoms with Crippen LogP contribution in [0.5, 0.6) is 0 Å². The molecule has 1 aliphatic heterocycles. The molecule has 1 atom stereocenters. The maximum Gasteiger partial charge on any atom is 0.407 e. The fraction of sp³-hybridized carbons (Fsp3) is 0.500. The van der Waals surface area contributed by atoms with Gasteiger partial charge >= 0.3 is 12.1 Å². The molecule has 1 saturated heterocycles. The first-order valence-electron chi connectivity index (χ1n) is 7.36. The molecule has 0 saturated carbocycles. The van der Waals surface area contributed by atoms with Gasteiger partial charge in [-0.3, -0.25) is 9.69 Å². The van der Waals surface area contributed by atoms with Gasteiger partial charge in [0, 0.05) is 32.2 Å². The summed E-state index contributed by atoms with van der Waals surface area (Å²) in [7, 11) is 1.38. The number of methoxy groups -OCH3 is 1. The fourth-order valence-corrected chi connectivity index (χ4v) is 2.72. The Kier molecular flexibility index (Phi) is 5.38. The first-order valence-corrected chi connectivity index (χ1v) is 7.36. The second-order valence-corrected chi connectivity index (χ2v) is 5.63. The van der Waals surface area contributed by atoms with E-state index in [0.29, 0.717) is 6.54 Å². The molecule has 120 valence electrons. The summed E-state index contributed by atoms with van der Waals surface area (Å²) in [4.78, 5) is 26.0. The van der Waals surface area contributed by atoms with Crippen LogP contribution in [0, 0.1) is 0 Å². The minimum absolute atomic E-state index is 0.00449. The van der Waals surface area contributed by atoms with Crippen LogP contribution in [0.15, 0.2) is 24.3 Å². The second-order valence-electron chi connectivity index (χ2n) is 5.63. The molecule has 1 aliphatic rings. The maximum absolute atomic E-state index is 11.2. The molecule has 1 aromatic carbocycles. The quantitative estimate of drug-likeness (QED) is 0.855. The Labute approximate surface area is 130 Å². The number of hydrogen-bond donors (Lipinski definition) is 1. The zero-order valence-corrected chi connectivity index (χ0v) is 13.0. The first kappa shape index (κ1) is 16.3. The number of benzene rings is 1. The molecule has 0 aliphatic carbocycles. The Morgan fingerprint density at radius 2 is 1.86 bits per heavy atom. The van der Waals surface area contributed by atoms with Crippen molar-refractivity contribution in [2.45, 2.75) is 25.9 Å². The Morgan fingerprint density at radius 1 is 1.23 bits per heavy atom. The van der Waals surface area contributed by atoms with Crippen LogP contribution in [0.3, 0.4) is 0 Å². The van der Waals surface area contributed by atoms with Crippen molar-refractivity contribution in [2.24, 2.45) is 0 Å². The van der Waals surface area contributed by atoms with Crippen molar-refractivity contribution in [3.05, 3.63) is 35.4 Å². The van der Waals surface area contributed by atoms with E-state index in [1.54, 1.807) is 0 Å². The zero-order chi connectivity index (χ0) is 16.1. The maximum atomic E-state index is 11.2. The predicted molar refractivity (Wildman–Crippen MR) is 81.6 cm³/mol. The predicted octanol–water partition coefficient (Wildman–Crippen LogP) is 1.59. The average Bonchev–Trinajstić information content (AvgIpc) is 2.49. The van der Waals surface area contributed by atoms with Crippen LogP contribution >= 0.6 is 0 Å². The van der Waals surface area contributed by atoms with E-state index in [-0.39, 0.29) is 18.4 Å². The van der Waals surface area contributed by atoms with Crippen LogP contribution in [0.25, 0.3) is 0 Å². The minimum atomic E-state index is -0.848. The molecule has 1 fully saturated rings. The minimum Gasteiger partial charge on any atom is -0.469 e. The number of carboxylic acid groups (broad SMARTS) is 1. The summed E-state index contributed by atoms with van der Waals surface area (Å²) < 4.78 is 4.65. The van der Waals surface area contributed by atoms with Crippen LogP contribution in [0.1, 0.15) is 18.1 Å². The molecule has 1 aromatic rings. The number of amides is 1. The summed E-state index contributed by atoms with van der Waals surface area (Å²) in [5, 5.41) is 9.08. The third-order valence-corrected chi connectivity index (χ3v) is 3.96. The molecule has 0 aromatic heterocycles. The molecule has 0 spiro atoms. The third kappa shape index (κ3) is 4.21. The van der Waals surface area contributed by atoms with Gasteiger partial charge < -0.3 is 14.7 Å². The van der Waals surface area contributed by atoms with Crippen LogP contribution in [0.2, 0.25) is 0 Å². The van der Waals surface area contributed by atoms with E-state index in [4.69, 9.17) is 5.11 Å². The largest absolute Gasteiger partial charge is 0.469 e. The molecule has 1 amide bonds. The molecule has 0 radical (unpaired) electrons. The standard InChI is InChI=1S/C16H22N2O4/c1-12-10-17(7-8-18(12)16(20)21)11-14-5-3-13(4-6-14)9-15(19)22-2/h3-6,12H,7-11H2,1-2H3,(H,20,21)/t12-/m1/s1. The van der Waals surface area contributed by atoms with Crippen LogP contribution < -0.4 is 0 Å². The number of rotatable bonds is 4. The summed E-state index contributed by atoms with van der Waals surface area (Å²) in [6.45, 7) is 4.73. The van der Waals surface area contributed by atoms with Gasteiger partial charge in [-0.15, -0.1) is 0 Å². The highest BCUT2D eigenvalue weighted by atomic mass is 16.5. The molecule has 22 heavy (non-hydrogen) atoms. The highest BCUT2D eigenvalue weighted by Gasteiger charge is 2.26. The number of piperazine rings is 1. The molecule has 6 nitrogen and oxygen atoms in total. The van der Waals surface area contributed by atoms with E-state index in [0.717, 1.165) is 30.8 Å². The number of carbonyl (C=O) groups is 2. The molecule has 1 N–H and O–H groups in total. The van der Waals surface area contributed by atoms with E-state index < -0.39 is 6.09 Å². The Balaban J connectivity index is 1.89. The number of ether oxygens (including phenoxy) is 1. The van der Waals surface area contributed by atoms with Crippen LogP contribution in [-0.2, 0) is 22.5 Å². The van der Waals surface area contributed by atoms with Crippen molar-refractivity contribution < 1.29 is 19.4 Å². The lowest BCUT2D eigenvalue weighted by Gasteiger charge is -2.38. The fourth-order valence-electron chi connectivity index (χ4n) is 2.72. The highest BCUT2D eigenvalue weighted by molar-refractivity contribution is 5.72. The molecule has 0 unspecified atom stereocenters. The third-order valence-electron chi connectivity index (χ3n) is 3.96. The average molecular weight is 306 g/mol. The van der Waals surface area contributed by atoms with Crippen molar-refractivity contribution in [1.29, 1.82) is 0 Å². The van der Waals surface area contributed by atoms with Crippen LogP contribution in [0.4, 0.5) is 4.79 Å². The Morgan fingerprint density at radius 3 is 2.41 bits per heavy atom. The molecule has 2 rings (SSSR count). The summed E-state index contributed by atoms with van der Waals surface area (Å²) in [6.07, 6.45) is -0.565. The van der Waals surface area contributed by atoms with Crippen molar-refractivity contribution in [2.75, 3.05) is 26.7 Å². The van der Waals surface area contributed by atoms with E-state index in [9.17, 15) is 9.59 Å². The summed E-state index contributed by atoms with van der Waals surface area (Å²) in [6, 6.07) is 7.88. The van der Waals surface area contributed by atoms with Gasteiger partial charge in [-0.2, -0.15) is 0 Å². The lowest BCUT2D eigenvalue weighted by Crippen LogP contribution is -2.53. The molecular formula is C16H22N2O4. The monoisotopic (exact) mass is 306 g/mol. The van der Waals surface area contributed by atoms with E-state index in [1.807, 2.05) is 31.2 Å². The Hall–Kier alpha value is -2.08. The Bertz CT molecular complexity index is 529. The lowest BCUT2D eigenvalue weighted by atomic mass is 10.1. The summed E-state index contributed by atoms with van der Waals surface area (Å²) in [5.74, 6) is -0.244. The first-order chi connectivity index (χ1) is 10.5. The molecular weight excluding hydrogens is 284 g/mol. The van der Waals surface area contributed by atoms with Crippen molar-refractivity contribution in [1.82, 2.24) is 9.80 Å². The summed E-state index contributed by atoms with van der Waals surface area (Å²) >= 11 is 0. The van der Waals surface area contributed by atoms with E-state index in [1.165, 1.54) is 12.0 Å². The molecule has 0 bridgehead atoms. The van der Waals surface area contributed by atoms with Gasteiger partial charge in [-0.05, 0) is 18.1 Å². The van der Waals surface area contributed by atoms with Gasteiger partial charge in [0.25, 0.3) is 0 Å². The van der Waals surface area contributed by atoms with E-state index in [2.05, 4.69) is 9.64 Å². The number of carbonyl (C=O) groups excluding carboxylic acids is 1. The number of nitrogens with zero attached hydrogens (tertiary/aromatic N) is 2. The molecule has 6 heteroatoms. The van der Waals surface area contributed by atoms with Gasteiger partial charge in [0.1, 0.15) is 0 Å². The molecule has 1 heterocycles.